The Hall–Kier alpha value is -0.830. The van der Waals surface area contributed by atoms with Gasteiger partial charge >= 0.3 is 0 Å². The molecule has 0 aromatic carbocycles. The first-order chi connectivity index (χ1) is 7.44. The van der Waals surface area contributed by atoms with Gasteiger partial charge in [-0.1, -0.05) is 13.3 Å². The number of nitrogens with one attached hydrogen (secondary N) is 1. The highest BCUT2D eigenvalue weighted by molar-refractivity contribution is 5.16. The molecule has 0 fully saturated rings. The standard InChI is InChI=1S/C13H25N3/c1-6-7-8-16-11(2)12(10-15-16)9-14-13(3,4)5/h10,14H,6-9H2,1-5H3. The van der Waals surface area contributed by atoms with E-state index in [4.69, 9.17) is 0 Å². The molecule has 0 aliphatic rings. The second-order valence-electron chi connectivity index (χ2n) is 5.44. The first-order valence-corrected chi connectivity index (χ1v) is 6.20. The lowest BCUT2D eigenvalue weighted by Crippen LogP contribution is -2.35. The molecule has 1 aromatic heterocycles. The maximum Gasteiger partial charge on any atom is 0.0537 e. The molecule has 0 aliphatic heterocycles. The molecule has 0 bridgehead atoms. The van der Waals surface area contributed by atoms with Crippen LogP contribution in [0, 0.1) is 6.92 Å². The smallest absolute Gasteiger partial charge is 0.0537 e. The number of nitrogens with zero attached hydrogens (tertiary/aromatic N) is 2. The zero-order chi connectivity index (χ0) is 12.2. The Labute approximate surface area is 99.2 Å². The Morgan fingerprint density at radius 1 is 1.38 bits per heavy atom. The van der Waals surface area contributed by atoms with Crippen LogP contribution >= 0.6 is 0 Å². The van der Waals surface area contributed by atoms with Gasteiger partial charge in [-0.2, -0.15) is 5.10 Å². The molecular weight excluding hydrogens is 198 g/mol. The average molecular weight is 223 g/mol. The van der Waals surface area contributed by atoms with E-state index in [2.05, 4.69) is 49.7 Å². The third-order valence-electron chi connectivity index (χ3n) is 2.74. The van der Waals surface area contributed by atoms with Crippen LogP contribution in [0.1, 0.15) is 51.8 Å². The van der Waals surface area contributed by atoms with Crippen molar-refractivity contribution in [3.8, 4) is 0 Å². The maximum absolute atomic E-state index is 4.43. The van der Waals surface area contributed by atoms with Gasteiger partial charge in [0.25, 0.3) is 0 Å². The zero-order valence-corrected chi connectivity index (χ0v) is 11.3. The Kier molecular flexibility index (Phi) is 4.54. The maximum atomic E-state index is 4.43. The van der Waals surface area contributed by atoms with Crippen molar-refractivity contribution in [3.63, 3.8) is 0 Å². The van der Waals surface area contributed by atoms with Gasteiger partial charge < -0.3 is 5.32 Å². The van der Waals surface area contributed by atoms with Crippen molar-refractivity contribution in [2.24, 2.45) is 0 Å². The lowest BCUT2D eigenvalue weighted by Gasteiger charge is -2.20. The summed E-state index contributed by atoms with van der Waals surface area (Å²) in [6.45, 7) is 12.9. The number of unbranched alkanes of at least 4 members (excludes halogenated alkanes) is 1. The third kappa shape index (κ3) is 3.97. The first-order valence-electron chi connectivity index (χ1n) is 6.20. The van der Waals surface area contributed by atoms with Gasteiger partial charge in [0.2, 0.25) is 0 Å². The molecular formula is C13H25N3. The minimum absolute atomic E-state index is 0.165. The normalized spacial score (nSPS) is 12.1. The van der Waals surface area contributed by atoms with Gasteiger partial charge in [-0.3, -0.25) is 4.68 Å². The van der Waals surface area contributed by atoms with Gasteiger partial charge in [-0.25, -0.2) is 0 Å². The molecule has 0 atom stereocenters. The molecule has 1 heterocycles. The van der Waals surface area contributed by atoms with Crippen molar-refractivity contribution in [3.05, 3.63) is 17.5 Å². The molecule has 1 rings (SSSR count). The fourth-order valence-corrected chi connectivity index (χ4v) is 1.55. The van der Waals surface area contributed by atoms with Gasteiger partial charge in [0.05, 0.1) is 6.20 Å². The summed E-state index contributed by atoms with van der Waals surface area (Å²) in [7, 11) is 0. The molecule has 92 valence electrons. The Balaban J connectivity index is 2.58. The van der Waals surface area contributed by atoms with Crippen LogP contribution in [-0.4, -0.2) is 15.3 Å². The Morgan fingerprint density at radius 3 is 2.62 bits per heavy atom. The molecule has 0 spiro atoms. The molecule has 0 radical (unpaired) electrons. The second-order valence-corrected chi connectivity index (χ2v) is 5.44. The van der Waals surface area contributed by atoms with Crippen molar-refractivity contribution in [1.29, 1.82) is 0 Å². The number of hydrogen-bond donors (Lipinski definition) is 1. The molecule has 0 aliphatic carbocycles. The largest absolute Gasteiger partial charge is 0.308 e. The SMILES string of the molecule is CCCCn1ncc(CNC(C)(C)C)c1C. The van der Waals surface area contributed by atoms with Crippen molar-refractivity contribution >= 4 is 0 Å². The summed E-state index contributed by atoms with van der Waals surface area (Å²) < 4.78 is 2.11. The number of aryl methyl sites for hydroxylation is 1. The quantitative estimate of drug-likeness (QED) is 0.832. The molecule has 0 saturated heterocycles. The van der Waals surface area contributed by atoms with Crippen LogP contribution < -0.4 is 5.32 Å². The minimum atomic E-state index is 0.165. The van der Waals surface area contributed by atoms with Crippen molar-refractivity contribution < 1.29 is 0 Å². The monoisotopic (exact) mass is 223 g/mol. The topological polar surface area (TPSA) is 29.9 Å². The van der Waals surface area contributed by atoms with Crippen LogP contribution in [0.2, 0.25) is 0 Å². The van der Waals surface area contributed by atoms with Crippen LogP contribution in [-0.2, 0) is 13.1 Å². The summed E-state index contributed by atoms with van der Waals surface area (Å²) in [5.74, 6) is 0. The first kappa shape index (κ1) is 13.2. The van der Waals surface area contributed by atoms with E-state index in [1.807, 2.05) is 6.20 Å². The highest BCUT2D eigenvalue weighted by Crippen LogP contribution is 2.10. The van der Waals surface area contributed by atoms with Crippen LogP contribution in [0.15, 0.2) is 6.20 Å². The summed E-state index contributed by atoms with van der Waals surface area (Å²) in [6.07, 6.45) is 4.41. The summed E-state index contributed by atoms with van der Waals surface area (Å²) >= 11 is 0. The van der Waals surface area contributed by atoms with Crippen LogP contribution in [0.5, 0.6) is 0 Å². The second kappa shape index (κ2) is 5.48. The van der Waals surface area contributed by atoms with Crippen molar-refractivity contribution in [2.45, 2.75) is 66.1 Å². The van der Waals surface area contributed by atoms with Gasteiger partial charge in [0, 0.05) is 29.9 Å². The van der Waals surface area contributed by atoms with Gasteiger partial charge in [0.1, 0.15) is 0 Å². The molecule has 16 heavy (non-hydrogen) atoms. The molecule has 0 unspecified atom stereocenters. The van der Waals surface area contributed by atoms with Crippen LogP contribution in [0.3, 0.4) is 0 Å². The van der Waals surface area contributed by atoms with Crippen molar-refractivity contribution in [1.82, 2.24) is 15.1 Å². The number of hydrogen-bond acceptors (Lipinski definition) is 2. The van der Waals surface area contributed by atoms with Crippen molar-refractivity contribution in [2.75, 3.05) is 0 Å². The van der Waals surface area contributed by atoms with Crippen LogP contribution in [0.25, 0.3) is 0 Å². The number of rotatable bonds is 5. The zero-order valence-electron chi connectivity index (χ0n) is 11.3. The molecule has 0 amide bonds. The molecule has 3 heteroatoms. The van der Waals surface area contributed by atoms with Crippen LogP contribution in [0.4, 0.5) is 0 Å². The summed E-state index contributed by atoms with van der Waals surface area (Å²) in [5, 5.41) is 7.93. The van der Waals surface area contributed by atoms with E-state index in [0.717, 1.165) is 13.1 Å². The summed E-state index contributed by atoms with van der Waals surface area (Å²) in [4.78, 5) is 0. The molecule has 1 aromatic rings. The van der Waals surface area contributed by atoms with E-state index < -0.39 is 0 Å². The highest BCUT2D eigenvalue weighted by Gasteiger charge is 2.11. The number of aromatic nitrogens is 2. The van der Waals surface area contributed by atoms with E-state index in [1.54, 1.807) is 0 Å². The highest BCUT2D eigenvalue weighted by atomic mass is 15.3. The fourth-order valence-electron chi connectivity index (χ4n) is 1.55. The average Bonchev–Trinajstić information content (AvgIpc) is 2.53. The van der Waals surface area contributed by atoms with E-state index in [1.165, 1.54) is 24.1 Å². The lowest BCUT2D eigenvalue weighted by atomic mass is 10.1. The van der Waals surface area contributed by atoms with Gasteiger partial charge in [0.15, 0.2) is 0 Å². The summed E-state index contributed by atoms with van der Waals surface area (Å²) in [5.41, 5.74) is 2.77. The predicted octanol–water partition coefficient (Wildman–Crippen LogP) is 2.88. The van der Waals surface area contributed by atoms with Gasteiger partial charge in [-0.05, 0) is 34.1 Å². The van der Waals surface area contributed by atoms with Gasteiger partial charge in [-0.15, -0.1) is 0 Å². The Morgan fingerprint density at radius 2 is 2.06 bits per heavy atom. The van der Waals surface area contributed by atoms with E-state index in [0.29, 0.717) is 0 Å². The Bertz CT molecular complexity index is 320. The fraction of sp³-hybridized carbons (Fsp3) is 0.769. The molecule has 1 N–H and O–H groups in total. The van der Waals surface area contributed by atoms with E-state index in [9.17, 15) is 0 Å². The van der Waals surface area contributed by atoms with E-state index >= 15 is 0 Å². The lowest BCUT2D eigenvalue weighted by molar-refractivity contribution is 0.423. The molecule has 0 saturated carbocycles. The minimum Gasteiger partial charge on any atom is -0.308 e. The summed E-state index contributed by atoms with van der Waals surface area (Å²) in [6, 6.07) is 0. The predicted molar refractivity (Wildman–Crippen MR) is 68.5 cm³/mol. The van der Waals surface area contributed by atoms with E-state index in [-0.39, 0.29) is 5.54 Å². The molecule has 3 nitrogen and oxygen atoms in total. The third-order valence-corrected chi connectivity index (χ3v) is 2.74.